The van der Waals surface area contributed by atoms with E-state index in [2.05, 4.69) is 10.1 Å². The number of carbonyl (C=O) groups is 2. The SMILES string of the molecule is Cc1nn(-c2ccccc2)c2c1C(=O)[C@@]1(C=N2)CCCC1=O. The quantitative estimate of drug-likeness (QED) is 0.759. The molecule has 4 rings (SSSR count). The highest BCUT2D eigenvalue weighted by atomic mass is 16.2. The third-order valence-electron chi connectivity index (χ3n) is 4.55. The van der Waals surface area contributed by atoms with Crippen LogP contribution in [0.25, 0.3) is 5.69 Å². The number of Topliss-reactive ketones (excluding diaryl/α,β-unsaturated/α-hetero) is 2. The van der Waals surface area contributed by atoms with E-state index in [0.29, 0.717) is 29.9 Å². The summed E-state index contributed by atoms with van der Waals surface area (Å²) in [6.45, 7) is 1.80. The molecule has 1 aliphatic heterocycles. The van der Waals surface area contributed by atoms with Crippen molar-refractivity contribution in [3.63, 3.8) is 0 Å². The zero-order valence-corrected chi connectivity index (χ0v) is 12.2. The van der Waals surface area contributed by atoms with Gasteiger partial charge in [0.2, 0.25) is 0 Å². The Morgan fingerprint density at radius 1 is 1.18 bits per heavy atom. The number of rotatable bonds is 1. The van der Waals surface area contributed by atoms with Crippen LogP contribution in [0.15, 0.2) is 35.3 Å². The molecule has 2 aromatic rings. The molecule has 0 radical (unpaired) electrons. The third-order valence-corrected chi connectivity index (χ3v) is 4.55. The second-order valence-electron chi connectivity index (χ2n) is 5.87. The molecule has 0 bridgehead atoms. The number of ketones is 2. The molecule has 5 nitrogen and oxygen atoms in total. The van der Waals surface area contributed by atoms with Crippen LogP contribution in [-0.2, 0) is 4.79 Å². The molecule has 1 aromatic heterocycles. The van der Waals surface area contributed by atoms with Gasteiger partial charge in [-0.3, -0.25) is 9.59 Å². The third kappa shape index (κ3) is 1.59. The molecule has 22 heavy (non-hydrogen) atoms. The van der Waals surface area contributed by atoms with Gasteiger partial charge in [0, 0.05) is 12.6 Å². The first-order valence-corrected chi connectivity index (χ1v) is 7.42. The number of nitrogens with zero attached hydrogens (tertiary/aromatic N) is 3. The van der Waals surface area contributed by atoms with Crippen molar-refractivity contribution in [1.29, 1.82) is 0 Å². The molecule has 0 unspecified atom stereocenters. The lowest BCUT2D eigenvalue weighted by molar-refractivity contribution is -0.121. The van der Waals surface area contributed by atoms with Crippen LogP contribution in [0.5, 0.6) is 0 Å². The Balaban J connectivity index is 1.90. The Morgan fingerprint density at radius 2 is 1.95 bits per heavy atom. The molecule has 0 N–H and O–H groups in total. The first-order chi connectivity index (χ1) is 10.6. The van der Waals surface area contributed by atoms with Gasteiger partial charge in [0.25, 0.3) is 0 Å². The smallest absolute Gasteiger partial charge is 0.187 e. The highest BCUT2D eigenvalue weighted by Gasteiger charge is 2.51. The molecule has 1 aromatic carbocycles. The minimum atomic E-state index is -1.04. The number of carbonyl (C=O) groups excluding carboxylic acids is 2. The zero-order chi connectivity index (χ0) is 15.3. The van der Waals surface area contributed by atoms with E-state index in [0.717, 1.165) is 12.1 Å². The Kier molecular flexibility index (Phi) is 2.66. The molecule has 0 amide bonds. The molecule has 1 atom stereocenters. The van der Waals surface area contributed by atoms with Crippen LogP contribution in [0.1, 0.15) is 35.3 Å². The first-order valence-electron chi connectivity index (χ1n) is 7.42. The van der Waals surface area contributed by atoms with E-state index >= 15 is 0 Å². The van der Waals surface area contributed by atoms with Gasteiger partial charge in [-0.1, -0.05) is 18.2 Å². The fourth-order valence-corrected chi connectivity index (χ4v) is 3.37. The number of fused-ring (bicyclic) bond motifs is 1. The van der Waals surface area contributed by atoms with Gasteiger partial charge >= 0.3 is 0 Å². The van der Waals surface area contributed by atoms with Crippen molar-refractivity contribution in [2.24, 2.45) is 10.4 Å². The number of hydrogen-bond donors (Lipinski definition) is 0. The maximum atomic E-state index is 13.0. The average molecular weight is 293 g/mol. The van der Waals surface area contributed by atoms with Crippen LogP contribution in [0.2, 0.25) is 0 Å². The zero-order valence-electron chi connectivity index (χ0n) is 12.2. The summed E-state index contributed by atoms with van der Waals surface area (Å²) in [5, 5.41) is 4.46. The largest absolute Gasteiger partial charge is 0.298 e. The summed E-state index contributed by atoms with van der Waals surface area (Å²) in [5.41, 5.74) is 0.925. The minimum absolute atomic E-state index is 0.0150. The molecule has 0 saturated heterocycles. The maximum absolute atomic E-state index is 13.0. The summed E-state index contributed by atoms with van der Waals surface area (Å²) in [5.74, 6) is 0.373. The minimum Gasteiger partial charge on any atom is -0.298 e. The molecule has 2 aliphatic rings. The number of hydrogen-bond acceptors (Lipinski definition) is 4. The Hall–Kier alpha value is -2.56. The summed E-state index contributed by atoms with van der Waals surface area (Å²) in [6.07, 6.45) is 3.31. The van der Waals surface area contributed by atoms with Crippen LogP contribution in [-0.4, -0.2) is 27.6 Å². The molecule has 1 saturated carbocycles. The van der Waals surface area contributed by atoms with E-state index in [1.54, 1.807) is 17.8 Å². The summed E-state index contributed by atoms with van der Waals surface area (Å²) >= 11 is 0. The van der Waals surface area contributed by atoms with E-state index in [9.17, 15) is 9.59 Å². The van der Waals surface area contributed by atoms with E-state index in [-0.39, 0.29) is 11.6 Å². The van der Waals surface area contributed by atoms with Crippen molar-refractivity contribution < 1.29 is 9.59 Å². The average Bonchev–Trinajstić information content (AvgIpc) is 3.06. The Labute approximate surface area is 127 Å². The molecule has 1 fully saturated rings. The van der Waals surface area contributed by atoms with Gasteiger partial charge in [0.15, 0.2) is 17.4 Å². The standard InChI is InChI=1S/C17H15N3O2/c1-11-14-15(22)17(9-5-8-13(17)21)10-18-16(14)20(19-11)12-6-3-2-4-7-12/h2-4,6-7,10H,5,8-9H2,1H3/t17-/m1/s1. The van der Waals surface area contributed by atoms with Gasteiger partial charge in [-0.25, -0.2) is 9.67 Å². The van der Waals surface area contributed by atoms with Crippen LogP contribution in [0, 0.1) is 12.3 Å². The monoisotopic (exact) mass is 293 g/mol. The first kappa shape index (κ1) is 13.1. The predicted octanol–water partition coefficient (Wildman–Crippen LogP) is 2.82. The van der Waals surface area contributed by atoms with Gasteiger partial charge in [-0.05, 0) is 31.9 Å². The lowest BCUT2D eigenvalue weighted by atomic mass is 9.77. The lowest BCUT2D eigenvalue weighted by Gasteiger charge is -2.24. The molecule has 1 aliphatic carbocycles. The highest BCUT2D eigenvalue weighted by Crippen LogP contribution is 2.43. The van der Waals surface area contributed by atoms with Crippen molar-refractivity contribution in [1.82, 2.24) is 9.78 Å². The molecule has 110 valence electrons. The van der Waals surface area contributed by atoms with Gasteiger partial charge in [-0.2, -0.15) is 5.10 Å². The van der Waals surface area contributed by atoms with Crippen LogP contribution < -0.4 is 0 Å². The van der Waals surface area contributed by atoms with Crippen molar-refractivity contribution in [3.05, 3.63) is 41.6 Å². The fourth-order valence-electron chi connectivity index (χ4n) is 3.37. The molecular formula is C17H15N3O2. The summed E-state index contributed by atoms with van der Waals surface area (Å²) in [6, 6.07) is 9.58. The second-order valence-corrected chi connectivity index (χ2v) is 5.87. The van der Waals surface area contributed by atoms with E-state index < -0.39 is 5.41 Å². The summed E-state index contributed by atoms with van der Waals surface area (Å²) < 4.78 is 1.67. The summed E-state index contributed by atoms with van der Waals surface area (Å²) in [4.78, 5) is 29.6. The lowest BCUT2D eigenvalue weighted by Crippen LogP contribution is -2.39. The number of aryl methyl sites for hydroxylation is 1. The molecule has 1 spiro atoms. The van der Waals surface area contributed by atoms with Crippen LogP contribution in [0.4, 0.5) is 5.82 Å². The van der Waals surface area contributed by atoms with Crippen molar-refractivity contribution in [2.75, 3.05) is 0 Å². The molecule has 5 heteroatoms. The maximum Gasteiger partial charge on any atom is 0.187 e. The van der Waals surface area contributed by atoms with E-state index in [1.807, 2.05) is 30.3 Å². The van der Waals surface area contributed by atoms with Crippen LogP contribution in [0.3, 0.4) is 0 Å². The van der Waals surface area contributed by atoms with E-state index in [1.165, 1.54) is 0 Å². The normalized spacial score (nSPS) is 23.3. The van der Waals surface area contributed by atoms with Crippen molar-refractivity contribution in [3.8, 4) is 5.69 Å². The molecular weight excluding hydrogens is 278 g/mol. The Morgan fingerprint density at radius 3 is 2.64 bits per heavy atom. The number of aromatic nitrogens is 2. The van der Waals surface area contributed by atoms with Crippen molar-refractivity contribution >= 4 is 23.6 Å². The predicted molar refractivity (Wildman–Crippen MR) is 82.1 cm³/mol. The Bertz CT molecular complexity index is 820. The van der Waals surface area contributed by atoms with Gasteiger partial charge in [0.1, 0.15) is 5.41 Å². The van der Waals surface area contributed by atoms with Gasteiger partial charge < -0.3 is 0 Å². The van der Waals surface area contributed by atoms with Gasteiger partial charge in [0.05, 0.1) is 16.9 Å². The fraction of sp³-hybridized carbons (Fsp3) is 0.294. The number of benzene rings is 1. The second kappa shape index (κ2) is 4.47. The topological polar surface area (TPSA) is 64.3 Å². The summed E-state index contributed by atoms with van der Waals surface area (Å²) in [7, 11) is 0. The van der Waals surface area contributed by atoms with Gasteiger partial charge in [-0.15, -0.1) is 0 Å². The molecule has 2 heterocycles. The van der Waals surface area contributed by atoms with Crippen LogP contribution >= 0.6 is 0 Å². The number of aliphatic imine (C=N–C) groups is 1. The van der Waals surface area contributed by atoms with Crippen molar-refractivity contribution in [2.45, 2.75) is 26.2 Å². The number of para-hydroxylation sites is 1. The van der Waals surface area contributed by atoms with E-state index in [4.69, 9.17) is 0 Å². The highest BCUT2D eigenvalue weighted by molar-refractivity contribution is 6.29.